The summed E-state index contributed by atoms with van der Waals surface area (Å²) in [6, 6.07) is 0. The van der Waals surface area contributed by atoms with Gasteiger partial charge in [-0.2, -0.15) is 0 Å². The standard InChI is InChI=1S/C8H9ClF2N2O/c9-1-4-5(8(10)11)2-13-6(3-14)7(4)12/h2,8,14H,1,3,12H2. The molecule has 0 radical (unpaired) electrons. The molecule has 6 heteroatoms. The molecule has 1 aromatic rings. The summed E-state index contributed by atoms with van der Waals surface area (Å²) < 4.78 is 24.8. The minimum absolute atomic E-state index is 0.0419. The van der Waals surface area contributed by atoms with E-state index in [0.717, 1.165) is 6.20 Å². The van der Waals surface area contributed by atoms with Crippen LogP contribution in [0.5, 0.6) is 0 Å². The zero-order valence-corrected chi connectivity index (χ0v) is 7.93. The molecule has 14 heavy (non-hydrogen) atoms. The fraction of sp³-hybridized carbons (Fsp3) is 0.375. The lowest BCUT2D eigenvalue weighted by atomic mass is 10.1. The second-order valence-corrected chi connectivity index (χ2v) is 2.91. The average molecular weight is 223 g/mol. The highest BCUT2D eigenvalue weighted by molar-refractivity contribution is 6.17. The van der Waals surface area contributed by atoms with Crippen LogP contribution in [0.1, 0.15) is 23.2 Å². The van der Waals surface area contributed by atoms with E-state index in [1.165, 1.54) is 0 Å². The quantitative estimate of drug-likeness (QED) is 0.768. The molecule has 0 unspecified atom stereocenters. The van der Waals surface area contributed by atoms with Gasteiger partial charge in [-0.05, 0) is 0 Å². The Balaban J connectivity index is 3.28. The van der Waals surface area contributed by atoms with Crippen molar-refractivity contribution in [3.05, 3.63) is 23.0 Å². The first-order valence-electron chi connectivity index (χ1n) is 3.82. The van der Waals surface area contributed by atoms with Gasteiger partial charge in [-0.1, -0.05) is 0 Å². The normalized spacial score (nSPS) is 10.9. The number of pyridine rings is 1. The maximum Gasteiger partial charge on any atom is 0.265 e. The van der Waals surface area contributed by atoms with Gasteiger partial charge in [0.1, 0.15) is 0 Å². The monoisotopic (exact) mass is 222 g/mol. The number of aliphatic hydroxyl groups excluding tert-OH is 1. The van der Waals surface area contributed by atoms with Crippen molar-refractivity contribution in [1.82, 2.24) is 4.98 Å². The van der Waals surface area contributed by atoms with Crippen molar-refractivity contribution in [2.75, 3.05) is 5.73 Å². The summed E-state index contributed by atoms with van der Waals surface area (Å²) in [6.07, 6.45) is -1.67. The van der Waals surface area contributed by atoms with Crippen LogP contribution >= 0.6 is 11.6 Å². The summed E-state index contributed by atoms with van der Waals surface area (Å²) in [5.74, 6) is -0.124. The van der Waals surface area contributed by atoms with Crippen LogP contribution in [-0.4, -0.2) is 10.1 Å². The molecule has 0 atom stereocenters. The molecule has 1 heterocycles. The Morgan fingerprint density at radius 1 is 1.57 bits per heavy atom. The SMILES string of the molecule is Nc1c(CO)ncc(C(F)F)c1CCl. The predicted molar refractivity (Wildman–Crippen MR) is 49.1 cm³/mol. The van der Waals surface area contributed by atoms with Crippen LogP contribution in [0.15, 0.2) is 6.20 Å². The summed E-state index contributed by atoms with van der Waals surface area (Å²) in [6.45, 7) is -0.390. The first-order valence-corrected chi connectivity index (χ1v) is 4.36. The van der Waals surface area contributed by atoms with Gasteiger partial charge in [0, 0.05) is 17.3 Å². The fourth-order valence-electron chi connectivity index (χ4n) is 1.09. The van der Waals surface area contributed by atoms with Crippen molar-refractivity contribution in [2.45, 2.75) is 18.9 Å². The summed E-state index contributed by atoms with van der Waals surface area (Å²) in [7, 11) is 0. The van der Waals surface area contributed by atoms with Crippen LogP contribution in [-0.2, 0) is 12.5 Å². The number of halogens is 3. The molecule has 0 aromatic carbocycles. The van der Waals surface area contributed by atoms with E-state index in [1.807, 2.05) is 0 Å². The second-order valence-electron chi connectivity index (χ2n) is 2.64. The maximum atomic E-state index is 12.4. The molecule has 78 valence electrons. The van der Waals surface area contributed by atoms with Crippen LogP contribution in [0.25, 0.3) is 0 Å². The Morgan fingerprint density at radius 2 is 2.21 bits per heavy atom. The molecule has 1 aromatic heterocycles. The molecule has 0 spiro atoms. The number of alkyl halides is 3. The van der Waals surface area contributed by atoms with Crippen LogP contribution in [0.2, 0.25) is 0 Å². The van der Waals surface area contributed by atoms with E-state index in [1.54, 1.807) is 0 Å². The number of nitrogen functional groups attached to an aromatic ring is 1. The van der Waals surface area contributed by atoms with Crippen molar-refractivity contribution in [2.24, 2.45) is 0 Å². The van der Waals surface area contributed by atoms with Crippen molar-refractivity contribution >= 4 is 17.3 Å². The smallest absolute Gasteiger partial charge is 0.265 e. The van der Waals surface area contributed by atoms with Crippen molar-refractivity contribution in [3.8, 4) is 0 Å². The Morgan fingerprint density at radius 3 is 2.64 bits per heavy atom. The molecule has 0 amide bonds. The third kappa shape index (κ3) is 1.93. The Kier molecular flexibility index (Phi) is 3.60. The van der Waals surface area contributed by atoms with Crippen LogP contribution in [0.3, 0.4) is 0 Å². The van der Waals surface area contributed by atoms with Gasteiger partial charge in [0.05, 0.1) is 23.9 Å². The molecular weight excluding hydrogens is 214 g/mol. The van der Waals surface area contributed by atoms with Crippen LogP contribution < -0.4 is 5.73 Å². The number of anilines is 1. The van der Waals surface area contributed by atoms with Crippen molar-refractivity contribution in [3.63, 3.8) is 0 Å². The van der Waals surface area contributed by atoms with E-state index < -0.39 is 6.43 Å². The molecule has 0 saturated carbocycles. The van der Waals surface area contributed by atoms with Crippen molar-refractivity contribution < 1.29 is 13.9 Å². The Bertz CT molecular complexity index is 333. The highest BCUT2D eigenvalue weighted by atomic mass is 35.5. The van der Waals surface area contributed by atoms with E-state index in [0.29, 0.717) is 0 Å². The Labute approximate surface area is 84.5 Å². The first-order chi connectivity index (χ1) is 6.61. The lowest BCUT2D eigenvalue weighted by Gasteiger charge is -2.11. The fourth-order valence-corrected chi connectivity index (χ4v) is 1.39. The molecule has 0 bridgehead atoms. The van der Waals surface area contributed by atoms with Gasteiger partial charge in [-0.15, -0.1) is 11.6 Å². The van der Waals surface area contributed by atoms with E-state index in [4.69, 9.17) is 22.4 Å². The third-order valence-corrected chi connectivity index (χ3v) is 2.13. The molecule has 0 fully saturated rings. The van der Waals surface area contributed by atoms with Crippen LogP contribution in [0, 0.1) is 0 Å². The third-order valence-electron chi connectivity index (χ3n) is 1.86. The molecule has 1 rings (SSSR count). The number of nitrogens with two attached hydrogens (primary N) is 1. The van der Waals surface area contributed by atoms with Gasteiger partial charge in [-0.25, -0.2) is 8.78 Å². The lowest BCUT2D eigenvalue weighted by molar-refractivity contribution is 0.150. The minimum Gasteiger partial charge on any atom is -0.397 e. The number of nitrogens with zero attached hydrogens (tertiary/aromatic N) is 1. The largest absolute Gasteiger partial charge is 0.397 e. The zero-order chi connectivity index (χ0) is 10.7. The van der Waals surface area contributed by atoms with Gasteiger partial charge in [-0.3, -0.25) is 4.98 Å². The summed E-state index contributed by atoms with van der Waals surface area (Å²) in [4.78, 5) is 3.61. The summed E-state index contributed by atoms with van der Waals surface area (Å²) in [5, 5.41) is 8.79. The second kappa shape index (κ2) is 4.52. The summed E-state index contributed by atoms with van der Waals surface area (Å²) in [5.41, 5.74) is 5.57. The highest BCUT2D eigenvalue weighted by Crippen LogP contribution is 2.29. The van der Waals surface area contributed by atoms with E-state index in [2.05, 4.69) is 4.98 Å². The zero-order valence-electron chi connectivity index (χ0n) is 7.17. The first kappa shape index (κ1) is 11.1. The number of aromatic nitrogens is 1. The van der Waals surface area contributed by atoms with E-state index in [-0.39, 0.29) is 35.0 Å². The molecule has 3 nitrogen and oxygen atoms in total. The molecule has 3 N–H and O–H groups in total. The average Bonchev–Trinajstić information content (AvgIpc) is 2.17. The van der Waals surface area contributed by atoms with E-state index in [9.17, 15) is 8.78 Å². The van der Waals surface area contributed by atoms with Crippen LogP contribution in [0.4, 0.5) is 14.5 Å². The van der Waals surface area contributed by atoms with Gasteiger partial charge in [0.2, 0.25) is 0 Å². The minimum atomic E-state index is -2.66. The molecule has 0 aliphatic carbocycles. The molecular formula is C8H9ClF2N2O. The molecule has 0 aliphatic heterocycles. The number of hydrogen-bond donors (Lipinski definition) is 2. The molecule has 0 aliphatic rings. The van der Waals surface area contributed by atoms with Gasteiger partial charge in [0.15, 0.2) is 0 Å². The highest BCUT2D eigenvalue weighted by Gasteiger charge is 2.17. The number of rotatable bonds is 3. The van der Waals surface area contributed by atoms with Crippen molar-refractivity contribution in [1.29, 1.82) is 0 Å². The number of aliphatic hydroxyl groups is 1. The summed E-state index contributed by atoms with van der Waals surface area (Å²) >= 11 is 5.49. The van der Waals surface area contributed by atoms with Gasteiger partial charge in [0.25, 0.3) is 6.43 Å². The van der Waals surface area contributed by atoms with Gasteiger partial charge >= 0.3 is 0 Å². The lowest BCUT2D eigenvalue weighted by Crippen LogP contribution is -2.06. The molecule has 0 saturated heterocycles. The number of hydrogen-bond acceptors (Lipinski definition) is 3. The predicted octanol–water partition coefficient (Wildman–Crippen LogP) is 1.83. The van der Waals surface area contributed by atoms with E-state index >= 15 is 0 Å². The Hall–Kier alpha value is -0.940. The maximum absolute atomic E-state index is 12.4. The topological polar surface area (TPSA) is 59.1 Å². The van der Waals surface area contributed by atoms with Gasteiger partial charge < -0.3 is 10.8 Å².